The SMILES string of the molecule is CC(C)SN1C(=O)OC(c2ccccc2)(c2ccccc2)[C@H]1C(C)C. The first kappa shape index (κ1) is 17.9. The number of carbonyl (C=O) groups is 1. The number of benzene rings is 2. The molecule has 1 saturated heterocycles. The van der Waals surface area contributed by atoms with Gasteiger partial charge in [-0.15, -0.1) is 0 Å². The third-order valence-corrected chi connectivity index (χ3v) is 5.48. The zero-order valence-electron chi connectivity index (χ0n) is 15.2. The minimum Gasteiger partial charge on any atom is -0.430 e. The Bertz CT molecular complexity index is 676. The summed E-state index contributed by atoms with van der Waals surface area (Å²) in [4.78, 5) is 12.9. The molecule has 1 atom stereocenters. The molecule has 0 aliphatic carbocycles. The predicted octanol–water partition coefficient (Wildman–Crippen LogP) is 5.46. The molecule has 25 heavy (non-hydrogen) atoms. The zero-order valence-corrected chi connectivity index (χ0v) is 16.0. The quantitative estimate of drug-likeness (QED) is 0.667. The topological polar surface area (TPSA) is 29.5 Å². The van der Waals surface area contributed by atoms with E-state index in [2.05, 4.69) is 52.0 Å². The predicted molar refractivity (Wildman–Crippen MR) is 103 cm³/mol. The third kappa shape index (κ3) is 3.15. The van der Waals surface area contributed by atoms with Crippen LogP contribution in [-0.4, -0.2) is 21.7 Å². The molecule has 0 aromatic heterocycles. The summed E-state index contributed by atoms with van der Waals surface area (Å²) >= 11 is 1.56. The molecule has 1 amide bonds. The molecule has 0 unspecified atom stereocenters. The molecule has 0 radical (unpaired) electrons. The van der Waals surface area contributed by atoms with Crippen molar-refractivity contribution in [2.75, 3.05) is 0 Å². The van der Waals surface area contributed by atoms with E-state index in [4.69, 9.17) is 4.74 Å². The van der Waals surface area contributed by atoms with Crippen LogP contribution in [0.4, 0.5) is 4.79 Å². The standard InChI is InChI=1S/C21H25NO2S/c1-15(2)19-21(17-11-7-5-8-12-17,18-13-9-6-10-14-18)24-20(23)22(19)25-16(3)4/h5-16,19H,1-4H3/t19-/m1/s1. The number of rotatable bonds is 5. The van der Waals surface area contributed by atoms with E-state index in [1.54, 1.807) is 11.9 Å². The molecule has 4 heteroatoms. The van der Waals surface area contributed by atoms with Gasteiger partial charge in [-0.05, 0) is 17.9 Å². The van der Waals surface area contributed by atoms with Crippen molar-refractivity contribution in [1.82, 2.24) is 4.31 Å². The van der Waals surface area contributed by atoms with E-state index in [1.165, 1.54) is 0 Å². The molecule has 1 aliphatic heterocycles. The third-order valence-electron chi connectivity index (χ3n) is 4.46. The first-order valence-electron chi connectivity index (χ1n) is 8.77. The molecule has 2 aromatic rings. The molecule has 0 saturated carbocycles. The van der Waals surface area contributed by atoms with E-state index in [1.807, 2.05) is 40.7 Å². The normalized spacial score (nSPS) is 19.5. The van der Waals surface area contributed by atoms with Crippen molar-refractivity contribution in [2.45, 2.75) is 44.6 Å². The van der Waals surface area contributed by atoms with Crippen LogP contribution in [0, 0.1) is 5.92 Å². The van der Waals surface area contributed by atoms with Gasteiger partial charge in [-0.25, -0.2) is 9.10 Å². The van der Waals surface area contributed by atoms with Gasteiger partial charge in [-0.3, -0.25) is 0 Å². The van der Waals surface area contributed by atoms with Crippen molar-refractivity contribution in [3.05, 3.63) is 71.8 Å². The van der Waals surface area contributed by atoms with Crippen LogP contribution in [0.3, 0.4) is 0 Å². The number of hydrogen-bond donors (Lipinski definition) is 0. The lowest BCUT2D eigenvalue weighted by atomic mass is 9.76. The van der Waals surface area contributed by atoms with Crippen LogP contribution in [0.1, 0.15) is 38.8 Å². The Hall–Kier alpha value is -1.94. The molecule has 3 rings (SSSR count). The van der Waals surface area contributed by atoms with E-state index in [-0.39, 0.29) is 18.1 Å². The van der Waals surface area contributed by atoms with Gasteiger partial charge in [0.1, 0.15) is 0 Å². The lowest BCUT2D eigenvalue weighted by Crippen LogP contribution is -2.45. The molecule has 3 nitrogen and oxygen atoms in total. The fraction of sp³-hybridized carbons (Fsp3) is 0.381. The number of nitrogens with zero attached hydrogens (tertiary/aromatic N) is 1. The van der Waals surface area contributed by atoms with Gasteiger partial charge < -0.3 is 4.74 Å². The Morgan fingerprint density at radius 3 is 1.80 bits per heavy atom. The highest BCUT2D eigenvalue weighted by Gasteiger charge is 2.57. The molecule has 1 heterocycles. The summed E-state index contributed by atoms with van der Waals surface area (Å²) in [5.41, 5.74) is 1.23. The highest BCUT2D eigenvalue weighted by molar-refractivity contribution is 7.98. The minimum absolute atomic E-state index is 0.0859. The lowest BCUT2D eigenvalue weighted by Gasteiger charge is -2.38. The van der Waals surface area contributed by atoms with Crippen LogP contribution in [0.2, 0.25) is 0 Å². The van der Waals surface area contributed by atoms with E-state index in [0.717, 1.165) is 11.1 Å². The van der Waals surface area contributed by atoms with Crippen molar-refractivity contribution in [3.63, 3.8) is 0 Å². The second-order valence-corrected chi connectivity index (χ2v) is 8.55. The summed E-state index contributed by atoms with van der Waals surface area (Å²) in [5, 5.41) is 0.302. The fourth-order valence-electron chi connectivity index (χ4n) is 3.60. The second kappa shape index (κ2) is 7.12. The van der Waals surface area contributed by atoms with Crippen LogP contribution in [-0.2, 0) is 10.3 Å². The summed E-state index contributed by atoms with van der Waals surface area (Å²) < 4.78 is 8.02. The van der Waals surface area contributed by atoms with E-state index in [0.29, 0.717) is 5.25 Å². The smallest absolute Gasteiger partial charge is 0.421 e. The van der Waals surface area contributed by atoms with Crippen LogP contribution in [0.25, 0.3) is 0 Å². The highest BCUT2D eigenvalue weighted by atomic mass is 32.2. The number of cyclic esters (lactones) is 1. The lowest BCUT2D eigenvalue weighted by molar-refractivity contribution is 0.0571. The van der Waals surface area contributed by atoms with Gasteiger partial charge in [0.2, 0.25) is 0 Å². The average molecular weight is 356 g/mol. The number of amides is 1. The summed E-state index contributed by atoms with van der Waals surface area (Å²) in [6, 6.07) is 20.1. The Balaban J connectivity index is 2.22. The minimum atomic E-state index is -0.796. The maximum Gasteiger partial charge on any atom is 0.421 e. The molecule has 0 N–H and O–H groups in total. The maximum atomic E-state index is 12.9. The van der Waals surface area contributed by atoms with Crippen molar-refractivity contribution in [3.8, 4) is 0 Å². The van der Waals surface area contributed by atoms with Gasteiger partial charge in [0.15, 0.2) is 5.60 Å². The van der Waals surface area contributed by atoms with Crippen LogP contribution >= 0.6 is 11.9 Å². The molecular formula is C21H25NO2S. The Labute approximate surface area is 154 Å². The first-order valence-corrected chi connectivity index (χ1v) is 9.60. The van der Waals surface area contributed by atoms with Gasteiger partial charge in [0.25, 0.3) is 0 Å². The first-order chi connectivity index (χ1) is 12.0. The second-order valence-electron chi connectivity index (χ2n) is 7.00. The zero-order chi connectivity index (χ0) is 18.0. The molecule has 0 spiro atoms. The summed E-state index contributed by atoms with van der Waals surface area (Å²) in [6.45, 7) is 8.50. The van der Waals surface area contributed by atoms with Crippen LogP contribution < -0.4 is 0 Å². The van der Waals surface area contributed by atoms with Crippen molar-refractivity contribution < 1.29 is 9.53 Å². The van der Waals surface area contributed by atoms with Crippen molar-refractivity contribution >= 4 is 18.0 Å². The summed E-state index contributed by atoms with van der Waals surface area (Å²) in [7, 11) is 0. The summed E-state index contributed by atoms with van der Waals surface area (Å²) in [6.07, 6.45) is -0.259. The molecule has 1 fully saturated rings. The molecule has 1 aliphatic rings. The summed E-state index contributed by atoms with van der Waals surface area (Å²) in [5.74, 6) is 0.234. The van der Waals surface area contributed by atoms with Gasteiger partial charge in [-0.2, -0.15) is 0 Å². The molecule has 0 bridgehead atoms. The number of hydrogen-bond acceptors (Lipinski definition) is 3. The average Bonchev–Trinajstić information content (AvgIpc) is 2.90. The van der Waals surface area contributed by atoms with Gasteiger partial charge in [-0.1, -0.05) is 88.4 Å². The Kier molecular flexibility index (Phi) is 5.09. The van der Waals surface area contributed by atoms with E-state index >= 15 is 0 Å². The molecular weight excluding hydrogens is 330 g/mol. The Morgan fingerprint density at radius 1 is 0.920 bits per heavy atom. The van der Waals surface area contributed by atoms with Gasteiger partial charge in [0, 0.05) is 16.4 Å². The largest absolute Gasteiger partial charge is 0.430 e. The van der Waals surface area contributed by atoms with Crippen LogP contribution in [0.5, 0.6) is 0 Å². The van der Waals surface area contributed by atoms with Gasteiger partial charge in [0.05, 0.1) is 6.04 Å². The van der Waals surface area contributed by atoms with E-state index in [9.17, 15) is 4.79 Å². The monoisotopic (exact) mass is 355 g/mol. The fourth-order valence-corrected chi connectivity index (χ4v) is 4.70. The number of carbonyl (C=O) groups excluding carboxylic acids is 1. The molecule has 132 valence electrons. The molecule has 2 aromatic carbocycles. The van der Waals surface area contributed by atoms with E-state index < -0.39 is 5.60 Å². The number of ether oxygens (including phenoxy) is 1. The highest BCUT2D eigenvalue weighted by Crippen LogP contribution is 2.49. The van der Waals surface area contributed by atoms with Crippen LogP contribution in [0.15, 0.2) is 60.7 Å². The Morgan fingerprint density at radius 2 is 1.40 bits per heavy atom. The maximum absolute atomic E-state index is 12.9. The van der Waals surface area contributed by atoms with Crippen molar-refractivity contribution in [2.24, 2.45) is 5.92 Å². The van der Waals surface area contributed by atoms with Crippen molar-refractivity contribution in [1.29, 1.82) is 0 Å². The van der Waals surface area contributed by atoms with Gasteiger partial charge >= 0.3 is 6.09 Å².